The van der Waals surface area contributed by atoms with Gasteiger partial charge in [-0.2, -0.15) is 0 Å². The Morgan fingerprint density at radius 1 is 1.20 bits per heavy atom. The second-order valence-electron chi connectivity index (χ2n) is 4.37. The number of methoxy groups -OCH3 is 1. The minimum Gasteiger partial charge on any atom is -0.496 e. The summed E-state index contributed by atoms with van der Waals surface area (Å²) < 4.78 is 5.19. The average Bonchev–Trinajstić information content (AvgIpc) is 2.47. The van der Waals surface area contributed by atoms with Crippen LogP contribution in [0.25, 0.3) is 0 Å². The predicted octanol–water partition coefficient (Wildman–Crippen LogP) is 3.98. The van der Waals surface area contributed by atoms with Crippen LogP contribution in [-0.2, 0) is 0 Å². The number of anilines is 1. The van der Waals surface area contributed by atoms with Crippen molar-refractivity contribution in [3.63, 3.8) is 0 Å². The SMILES string of the molecule is COc1ccc(C(=O)Nc2cccc(SC)c2)cc1C. The molecule has 3 nitrogen and oxygen atoms in total. The van der Waals surface area contributed by atoms with Gasteiger partial charge in [-0.1, -0.05) is 6.07 Å². The maximum atomic E-state index is 12.2. The first-order valence-electron chi connectivity index (χ1n) is 6.24. The third-order valence-corrected chi connectivity index (χ3v) is 3.71. The van der Waals surface area contributed by atoms with Gasteiger partial charge in [0, 0.05) is 16.1 Å². The van der Waals surface area contributed by atoms with E-state index in [2.05, 4.69) is 5.32 Å². The Kier molecular flexibility index (Phi) is 4.69. The van der Waals surface area contributed by atoms with Crippen LogP contribution in [0.5, 0.6) is 5.75 Å². The molecule has 4 heteroatoms. The molecular weight excluding hydrogens is 270 g/mol. The molecule has 0 radical (unpaired) electrons. The van der Waals surface area contributed by atoms with E-state index < -0.39 is 0 Å². The van der Waals surface area contributed by atoms with Crippen LogP contribution in [0.2, 0.25) is 0 Å². The molecule has 0 atom stereocenters. The molecule has 0 saturated carbocycles. The van der Waals surface area contributed by atoms with E-state index in [4.69, 9.17) is 4.74 Å². The lowest BCUT2D eigenvalue weighted by atomic mass is 10.1. The number of ether oxygens (including phenoxy) is 1. The normalized spacial score (nSPS) is 10.2. The number of carbonyl (C=O) groups is 1. The zero-order valence-electron chi connectivity index (χ0n) is 11.8. The summed E-state index contributed by atoms with van der Waals surface area (Å²) in [5, 5.41) is 2.90. The summed E-state index contributed by atoms with van der Waals surface area (Å²) in [5.41, 5.74) is 2.37. The Morgan fingerprint density at radius 3 is 2.65 bits per heavy atom. The summed E-state index contributed by atoms with van der Waals surface area (Å²) in [6.07, 6.45) is 2.01. The molecule has 0 aromatic heterocycles. The Balaban J connectivity index is 2.17. The predicted molar refractivity (Wildman–Crippen MR) is 83.9 cm³/mol. The van der Waals surface area contributed by atoms with Crippen LogP contribution in [0, 0.1) is 6.92 Å². The van der Waals surface area contributed by atoms with Crippen molar-refractivity contribution in [2.45, 2.75) is 11.8 Å². The first kappa shape index (κ1) is 14.5. The molecule has 0 aliphatic heterocycles. The van der Waals surface area contributed by atoms with E-state index in [1.54, 1.807) is 24.9 Å². The smallest absolute Gasteiger partial charge is 0.255 e. The van der Waals surface area contributed by atoms with Crippen LogP contribution in [-0.4, -0.2) is 19.3 Å². The van der Waals surface area contributed by atoms with Crippen LogP contribution >= 0.6 is 11.8 Å². The zero-order valence-corrected chi connectivity index (χ0v) is 12.6. The fourth-order valence-electron chi connectivity index (χ4n) is 1.92. The fourth-order valence-corrected chi connectivity index (χ4v) is 2.38. The quantitative estimate of drug-likeness (QED) is 0.864. The molecule has 2 aromatic carbocycles. The van der Waals surface area contributed by atoms with Crippen LogP contribution in [0.15, 0.2) is 47.4 Å². The number of hydrogen-bond acceptors (Lipinski definition) is 3. The maximum Gasteiger partial charge on any atom is 0.255 e. The van der Waals surface area contributed by atoms with E-state index in [1.165, 1.54) is 0 Å². The summed E-state index contributed by atoms with van der Waals surface area (Å²) in [6.45, 7) is 1.92. The van der Waals surface area contributed by atoms with Gasteiger partial charge in [0.15, 0.2) is 0 Å². The second kappa shape index (κ2) is 6.48. The molecule has 0 aliphatic rings. The summed E-state index contributed by atoms with van der Waals surface area (Å²) in [6, 6.07) is 13.2. The van der Waals surface area contributed by atoms with Gasteiger partial charge in [0.25, 0.3) is 5.91 Å². The third-order valence-electron chi connectivity index (χ3n) is 2.98. The van der Waals surface area contributed by atoms with Crippen molar-refractivity contribution in [1.29, 1.82) is 0 Å². The van der Waals surface area contributed by atoms with Crippen LogP contribution in [0.4, 0.5) is 5.69 Å². The molecule has 0 unspecified atom stereocenters. The Morgan fingerprint density at radius 2 is 2.00 bits per heavy atom. The van der Waals surface area contributed by atoms with Gasteiger partial charge >= 0.3 is 0 Å². The number of carbonyl (C=O) groups excluding carboxylic acids is 1. The molecule has 0 spiro atoms. The number of nitrogens with one attached hydrogen (secondary N) is 1. The van der Waals surface area contributed by atoms with Gasteiger partial charge in [0.05, 0.1) is 7.11 Å². The largest absolute Gasteiger partial charge is 0.496 e. The van der Waals surface area contributed by atoms with Crippen LogP contribution < -0.4 is 10.1 Å². The number of amides is 1. The second-order valence-corrected chi connectivity index (χ2v) is 5.25. The number of rotatable bonds is 4. The van der Waals surface area contributed by atoms with E-state index in [0.29, 0.717) is 5.56 Å². The standard InChI is InChI=1S/C16H17NO2S/c1-11-9-12(7-8-15(11)19-2)16(18)17-13-5-4-6-14(10-13)20-3/h4-10H,1-3H3,(H,17,18). The van der Waals surface area contributed by atoms with Gasteiger partial charge in [-0.05, 0) is 55.1 Å². The number of benzene rings is 2. The molecule has 0 aliphatic carbocycles. The van der Waals surface area contributed by atoms with E-state index in [-0.39, 0.29) is 5.91 Å². The minimum absolute atomic E-state index is 0.117. The highest BCUT2D eigenvalue weighted by Crippen LogP contribution is 2.21. The molecule has 0 heterocycles. The van der Waals surface area contributed by atoms with Crippen LogP contribution in [0.3, 0.4) is 0 Å². The van der Waals surface area contributed by atoms with Gasteiger partial charge in [-0.15, -0.1) is 11.8 Å². The molecule has 0 fully saturated rings. The maximum absolute atomic E-state index is 12.2. The lowest BCUT2D eigenvalue weighted by Gasteiger charge is -2.09. The van der Waals surface area contributed by atoms with Gasteiger partial charge in [0.1, 0.15) is 5.75 Å². The van der Waals surface area contributed by atoms with Gasteiger partial charge in [0.2, 0.25) is 0 Å². The van der Waals surface area contributed by atoms with Gasteiger partial charge in [-0.3, -0.25) is 4.79 Å². The van der Waals surface area contributed by atoms with E-state index in [0.717, 1.165) is 21.9 Å². The molecule has 0 saturated heterocycles. The lowest BCUT2D eigenvalue weighted by molar-refractivity contribution is 0.102. The van der Waals surface area contributed by atoms with Crippen molar-refractivity contribution < 1.29 is 9.53 Å². The summed E-state index contributed by atoms with van der Waals surface area (Å²) in [5.74, 6) is 0.667. The topological polar surface area (TPSA) is 38.3 Å². The first-order valence-corrected chi connectivity index (χ1v) is 7.46. The molecule has 1 amide bonds. The summed E-state index contributed by atoms with van der Waals surface area (Å²) in [7, 11) is 1.62. The van der Waals surface area contributed by atoms with E-state index >= 15 is 0 Å². The zero-order chi connectivity index (χ0) is 14.5. The fraction of sp³-hybridized carbons (Fsp3) is 0.188. The average molecular weight is 287 g/mol. The Labute approximate surface area is 123 Å². The van der Waals surface area contributed by atoms with Crippen molar-refractivity contribution in [1.82, 2.24) is 0 Å². The highest BCUT2D eigenvalue weighted by molar-refractivity contribution is 7.98. The van der Waals surface area contributed by atoms with Crippen molar-refractivity contribution in [3.05, 3.63) is 53.6 Å². The molecule has 104 valence electrons. The molecule has 2 rings (SSSR count). The summed E-state index contributed by atoms with van der Waals surface area (Å²) >= 11 is 1.65. The van der Waals surface area contributed by atoms with E-state index in [9.17, 15) is 4.79 Å². The van der Waals surface area contributed by atoms with Gasteiger partial charge < -0.3 is 10.1 Å². The van der Waals surface area contributed by atoms with Crippen molar-refractivity contribution in [3.8, 4) is 5.75 Å². The Hall–Kier alpha value is -1.94. The number of hydrogen-bond donors (Lipinski definition) is 1. The molecular formula is C16H17NO2S. The van der Waals surface area contributed by atoms with Gasteiger partial charge in [-0.25, -0.2) is 0 Å². The third kappa shape index (κ3) is 3.33. The molecule has 20 heavy (non-hydrogen) atoms. The highest BCUT2D eigenvalue weighted by Gasteiger charge is 2.08. The lowest BCUT2D eigenvalue weighted by Crippen LogP contribution is -2.12. The van der Waals surface area contributed by atoms with Crippen molar-refractivity contribution in [2.24, 2.45) is 0 Å². The minimum atomic E-state index is -0.117. The molecule has 1 N–H and O–H groups in total. The monoisotopic (exact) mass is 287 g/mol. The first-order chi connectivity index (χ1) is 9.63. The van der Waals surface area contributed by atoms with E-state index in [1.807, 2.05) is 49.6 Å². The summed E-state index contributed by atoms with van der Waals surface area (Å²) in [4.78, 5) is 13.3. The molecule has 2 aromatic rings. The molecule has 0 bridgehead atoms. The van der Waals surface area contributed by atoms with Crippen LogP contribution in [0.1, 0.15) is 15.9 Å². The number of thioether (sulfide) groups is 1. The number of aryl methyl sites for hydroxylation is 1. The van der Waals surface area contributed by atoms with Crippen molar-refractivity contribution >= 4 is 23.4 Å². The Bertz CT molecular complexity index is 626. The van der Waals surface area contributed by atoms with Crippen molar-refractivity contribution in [2.75, 3.05) is 18.7 Å². The highest BCUT2D eigenvalue weighted by atomic mass is 32.2.